The molecule has 0 aliphatic carbocycles. The van der Waals surface area contributed by atoms with Crippen LogP contribution in [0.2, 0.25) is 5.02 Å². The van der Waals surface area contributed by atoms with Gasteiger partial charge in [0.2, 0.25) is 0 Å². The number of aryl methyl sites for hydroxylation is 1. The predicted molar refractivity (Wildman–Crippen MR) is 116 cm³/mol. The van der Waals surface area contributed by atoms with Gasteiger partial charge in [-0.05, 0) is 49.3 Å². The van der Waals surface area contributed by atoms with Crippen LogP contribution in [-0.4, -0.2) is 40.4 Å². The van der Waals surface area contributed by atoms with Crippen LogP contribution in [0.3, 0.4) is 0 Å². The molecule has 0 saturated carbocycles. The first-order valence-corrected chi connectivity index (χ1v) is 10.3. The van der Waals surface area contributed by atoms with E-state index < -0.39 is 5.91 Å². The van der Waals surface area contributed by atoms with Crippen molar-refractivity contribution in [2.75, 3.05) is 25.0 Å². The lowest BCUT2D eigenvalue weighted by atomic mass is 10.0. The number of amides is 1. The van der Waals surface area contributed by atoms with Crippen molar-refractivity contribution in [2.24, 2.45) is 5.73 Å². The third-order valence-corrected chi connectivity index (χ3v) is 5.54. The molecule has 3 aromatic rings. The number of nitrogens with two attached hydrogens (primary N) is 1. The molecule has 1 aliphatic rings. The van der Waals surface area contributed by atoms with Gasteiger partial charge in [-0.25, -0.2) is 9.97 Å². The van der Waals surface area contributed by atoms with E-state index in [1.807, 2.05) is 37.3 Å². The molecule has 0 spiro atoms. The molecule has 150 valence electrons. The summed E-state index contributed by atoms with van der Waals surface area (Å²) in [5, 5.41) is 5.09. The number of aromatic nitrogens is 2. The fraction of sp³-hybridized carbons (Fsp3) is 0.318. The number of para-hydroxylation sites is 1. The largest absolute Gasteiger partial charge is 0.366 e. The Kier molecular flexibility index (Phi) is 5.65. The van der Waals surface area contributed by atoms with E-state index in [1.165, 1.54) is 6.42 Å². The van der Waals surface area contributed by atoms with Gasteiger partial charge < -0.3 is 16.0 Å². The van der Waals surface area contributed by atoms with Gasteiger partial charge in [-0.1, -0.05) is 36.7 Å². The number of hydrogen-bond acceptors (Lipinski definition) is 5. The van der Waals surface area contributed by atoms with Crippen LogP contribution in [0.5, 0.6) is 0 Å². The lowest BCUT2D eigenvalue weighted by Gasteiger charge is -2.35. The monoisotopic (exact) mass is 409 g/mol. The average Bonchev–Trinajstić information content (AvgIpc) is 2.68. The van der Waals surface area contributed by atoms with Gasteiger partial charge in [-0.3, -0.25) is 4.79 Å². The van der Waals surface area contributed by atoms with E-state index in [0.29, 0.717) is 34.2 Å². The normalized spacial score (nSPS) is 15.1. The van der Waals surface area contributed by atoms with Crippen LogP contribution >= 0.6 is 11.6 Å². The maximum Gasteiger partial charge on any atom is 0.250 e. The molecule has 1 aliphatic heterocycles. The van der Waals surface area contributed by atoms with E-state index in [-0.39, 0.29) is 6.04 Å². The fourth-order valence-corrected chi connectivity index (χ4v) is 3.81. The van der Waals surface area contributed by atoms with Gasteiger partial charge in [0.1, 0.15) is 11.6 Å². The molecule has 1 atom stereocenters. The standard InChI is InChI=1S/C22H24ClN5O/c1-2-19-26-20-16(21(24)29)8-4-9-17(20)22(27-19)25-18(13-28-10-5-11-28)14-6-3-7-15(23)12-14/h3-4,6-9,12,18H,2,5,10-11,13H2,1H3,(H2,24,29)(H,25,26,27). The van der Waals surface area contributed by atoms with E-state index in [4.69, 9.17) is 22.3 Å². The molecule has 1 amide bonds. The molecule has 0 radical (unpaired) electrons. The zero-order valence-corrected chi connectivity index (χ0v) is 17.1. The predicted octanol–water partition coefficient (Wildman–Crippen LogP) is 3.80. The summed E-state index contributed by atoms with van der Waals surface area (Å²) in [7, 11) is 0. The second-order valence-electron chi connectivity index (χ2n) is 7.31. The lowest BCUT2D eigenvalue weighted by molar-refractivity contribution is 0.100. The van der Waals surface area contributed by atoms with Crippen molar-refractivity contribution in [3.05, 3.63) is 64.4 Å². The molecule has 0 bridgehead atoms. The SMILES string of the molecule is CCc1nc(NC(CN2CCC2)c2cccc(Cl)c2)c2cccc(C(N)=O)c2n1. The highest BCUT2D eigenvalue weighted by Crippen LogP contribution is 2.29. The Labute approximate surface area is 175 Å². The van der Waals surface area contributed by atoms with Crippen molar-refractivity contribution in [1.29, 1.82) is 0 Å². The Morgan fingerprint density at radius 2 is 2.03 bits per heavy atom. The first-order valence-electron chi connectivity index (χ1n) is 9.89. The first-order chi connectivity index (χ1) is 14.0. The number of nitrogens with zero attached hydrogens (tertiary/aromatic N) is 3. The van der Waals surface area contributed by atoms with Gasteiger partial charge in [0.15, 0.2) is 0 Å². The van der Waals surface area contributed by atoms with Gasteiger partial charge in [0, 0.05) is 23.4 Å². The summed E-state index contributed by atoms with van der Waals surface area (Å²) in [5.74, 6) is 0.886. The number of fused-ring (bicyclic) bond motifs is 1. The molecule has 1 saturated heterocycles. The quantitative estimate of drug-likeness (QED) is 0.620. The van der Waals surface area contributed by atoms with Crippen molar-refractivity contribution in [2.45, 2.75) is 25.8 Å². The molecule has 2 heterocycles. The third-order valence-electron chi connectivity index (χ3n) is 5.31. The van der Waals surface area contributed by atoms with Crippen LogP contribution < -0.4 is 11.1 Å². The number of likely N-dealkylation sites (tertiary alicyclic amines) is 1. The van der Waals surface area contributed by atoms with Gasteiger partial charge in [0.25, 0.3) is 5.91 Å². The van der Waals surface area contributed by atoms with E-state index in [1.54, 1.807) is 6.07 Å². The second kappa shape index (κ2) is 8.35. The highest BCUT2D eigenvalue weighted by Gasteiger charge is 2.23. The van der Waals surface area contributed by atoms with Crippen molar-refractivity contribution in [3.63, 3.8) is 0 Å². The zero-order chi connectivity index (χ0) is 20.4. The van der Waals surface area contributed by atoms with Crippen LogP contribution in [0.25, 0.3) is 10.9 Å². The molecular formula is C22H24ClN5O. The fourth-order valence-electron chi connectivity index (χ4n) is 3.61. The molecule has 3 N–H and O–H groups in total. The zero-order valence-electron chi connectivity index (χ0n) is 16.4. The van der Waals surface area contributed by atoms with E-state index in [0.717, 1.165) is 30.6 Å². The van der Waals surface area contributed by atoms with E-state index >= 15 is 0 Å². The van der Waals surface area contributed by atoms with E-state index in [9.17, 15) is 4.79 Å². The lowest BCUT2D eigenvalue weighted by Crippen LogP contribution is -2.41. The van der Waals surface area contributed by atoms with Crippen molar-refractivity contribution in [3.8, 4) is 0 Å². The van der Waals surface area contributed by atoms with Crippen molar-refractivity contribution >= 4 is 34.2 Å². The number of benzene rings is 2. The molecule has 29 heavy (non-hydrogen) atoms. The Morgan fingerprint density at radius 1 is 1.24 bits per heavy atom. The molecular weight excluding hydrogens is 386 g/mol. The van der Waals surface area contributed by atoms with Crippen molar-refractivity contribution < 1.29 is 4.79 Å². The molecule has 7 heteroatoms. The minimum atomic E-state index is -0.491. The van der Waals surface area contributed by atoms with E-state index in [2.05, 4.69) is 21.3 Å². The molecule has 2 aromatic carbocycles. The summed E-state index contributed by atoms with van der Waals surface area (Å²) in [6, 6.07) is 13.3. The Bertz CT molecular complexity index is 1050. The summed E-state index contributed by atoms with van der Waals surface area (Å²) >= 11 is 6.26. The smallest absolute Gasteiger partial charge is 0.250 e. The van der Waals surface area contributed by atoms with Gasteiger partial charge >= 0.3 is 0 Å². The maximum absolute atomic E-state index is 11.9. The Balaban J connectivity index is 1.78. The Hall–Kier alpha value is -2.70. The average molecular weight is 410 g/mol. The minimum Gasteiger partial charge on any atom is -0.366 e. The highest BCUT2D eigenvalue weighted by molar-refractivity contribution is 6.30. The second-order valence-corrected chi connectivity index (χ2v) is 7.75. The van der Waals surface area contributed by atoms with Crippen LogP contribution in [0, 0.1) is 0 Å². The number of primary amides is 1. The number of carbonyl (C=O) groups excluding carboxylic acids is 1. The first kappa shape index (κ1) is 19.6. The Morgan fingerprint density at radius 3 is 2.69 bits per heavy atom. The third kappa shape index (κ3) is 4.18. The number of rotatable bonds is 7. The summed E-state index contributed by atoms with van der Waals surface area (Å²) in [6.45, 7) is 5.03. The summed E-state index contributed by atoms with van der Waals surface area (Å²) < 4.78 is 0. The van der Waals surface area contributed by atoms with Gasteiger partial charge in [-0.15, -0.1) is 0 Å². The van der Waals surface area contributed by atoms with Gasteiger partial charge in [-0.2, -0.15) is 0 Å². The number of halogens is 1. The van der Waals surface area contributed by atoms with Gasteiger partial charge in [0.05, 0.1) is 17.1 Å². The number of nitrogens with one attached hydrogen (secondary N) is 1. The highest BCUT2D eigenvalue weighted by atomic mass is 35.5. The van der Waals surface area contributed by atoms with Crippen LogP contribution in [0.4, 0.5) is 5.82 Å². The molecule has 1 unspecified atom stereocenters. The molecule has 6 nitrogen and oxygen atoms in total. The molecule has 1 fully saturated rings. The topological polar surface area (TPSA) is 84.1 Å². The summed E-state index contributed by atoms with van der Waals surface area (Å²) in [5.41, 5.74) is 7.67. The van der Waals surface area contributed by atoms with Crippen LogP contribution in [0.15, 0.2) is 42.5 Å². The molecule has 4 rings (SSSR count). The maximum atomic E-state index is 11.9. The number of hydrogen-bond donors (Lipinski definition) is 2. The molecule has 1 aromatic heterocycles. The van der Waals surface area contributed by atoms with Crippen LogP contribution in [-0.2, 0) is 6.42 Å². The number of anilines is 1. The van der Waals surface area contributed by atoms with Crippen LogP contribution in [0.1, 0.15) is 41.1 Å². The van der Waals surface area contributed by atoms with Crippen molar-refractivity contribution in [1.82, 2.24) is 14.9 Å². The minimum absolute atomic E-state index is 0.00837. The summed E-state index contributed by atoms with van der Waals surface area (Å²) in [4.78, 5) is 23.6. The number of carbonyl (C=O) groups is 1. The summed E-state index contributed by atoms with van der Waals surface area (Å²) in [6.07, 6.45) is 1.88.